The maximum atomic E-state index is 13.2. The molecule has 156 valence electrons. The summed E-state index contributed by atoms with van der Waals surface area (Å²) in [6.45, 7) is 2.13. The van der Waals surface area contributed by atoms with Crippen molar-refractivity contribution in [3.05, 3.63) is 82.9 Å². The van der Waals surface area contributed by atoms with Crippen LogP contribution in [0.15, 0.2) is 71.8 Å². The van der Waals surface area contributed by atoms with Crippen LogP contribution in [-0.4, -0.2) is 26.8 Å². The molecule has 1 N–H and O–H groups in total. The Labute approximate surface area is 183 Å². The van der Waals surface area contributed by atoms with Crippen molar-refractivity contribution in [2.75, 3.05) is 11.4 Å². The number of halogens is 1. The summed E-state index contributed by atoms with van der Waals surface area (Å²) in [6.07, 6.45) is 3.34. The van der Waals surface area contributed by atoms with E-state index in [0.29, 0.717) is 23.5 Å². The number of hydrogen-bond donors (Lipinski definition) is 1. The Hall–Kier alpha value is -3.71. The molecular weight excluding hydrogens is 416 g/mol. The van der Waals surface area contributed by atoms with E-state index < -0.39 is 11.5 Å². The van der Waals surface area contributed by atoms with Crippen molar-refractivity contribution >= 4 is 39.7 Å². The molecule has 2 heterocycles. The predicted molar refractivity (Wildman–Crippen MR) is 121 cm³/mol. The van der Waals surface area contributed by atoms with E-state index >= 15 is 0 Å². The first-order valence-electron chi connectivity index (χ1n) is 9.67. The van der Waals surface area contributed by atoms with Crippen molar-refractivity contribution in [1.82, 2.24) is 14.8 Å². The fourth-order valence-electron chi connectivity index (χ4n) is 3.37. The zero-order chi connectivity index (χ0) is 21.8. The van der Waals surface area contributed by atoms with Gasteiger partial charge in [-0.15, -0.1) is 0 Å². The van der Waals surface area contributed by atoms with Crippen molar-refractivity contribution in [3.63, 3.8) is 0 Å². The number of ether oxygens (including phenoxy) is 1. The van der Waals surface area contributed by atoms with Gasteiger partial charge in [0.05, 0.1) is 11.9 Å². The fourth-order valence-corrected chi connectivity index (χ4v) is 3.47. The summed E-state index contributed by atoms with van der Waals surface area (Å²) in [4.78, 5) is 30.4. The molecule has 31 heavy (non-hydrogen) atoms. The molecule has 4 rings (SSSR count). The Morgan fingerprint density at radius 1 is 1.10 bits per heavy atom. The summed E-state index contributed by atoms with van der Waals surface area (Å²) in [7, 11) is 0. The van der Waals surface area contributed by atoms with E-state index in [9.17, 15) is 9.59 Å². The molecule has 0 saturated heterocycles. The van der Waals surface area contributed by atoms with Gasteiger partial charge in [-0.05, 0) is 6.92 Å². The molecule has 0 spiro atoms. The highest BCUT2D eigenvalue weighted by Crippen LogP contribution is 2.30. The number of aryl methyl sites for hydroxylation is 1. The lowest BCUT2D eigenvalue weighted by atomic mass is 10.0. The van der Waals surface area contributed by atoms with E-state index in [2.05, 4.69) is 15.4 Å². The Bertz CT molecular complexity index is 1300. The van der Waals surface area contributed by atoms with Crippen molar-refractivity contribution in [2.24, 2.45) is 0 Å². The first kappa shape index (κ1) is 20.6. The number of pyridine rings is 1. The molecule has 0 saturated carbocycles. The second-order valence-electron chi connectivity index (χ2n) is 6.66. The summed E-state index contributed by atoms with van der Waals surface area (Å²) >= 11 is 5.66. The average molecular weight is 435 g/mol. The third kappa shape index (κ3) is 4.00. The summed E-state index contributed by atoms with van der Waals surface area (Å²) in [5.74, 6) is -0.739. The number of nitrogens with one attached hydrogen (secondary N) is 1. The number of anilines is 2. The molecule has 0 aliphatic rings. The number of rotatable bonds is 6. The Morgan fingerprint density at radius 3 is 2.58 bits per heavy atom. The molecule has 0 aliphatic heterocycles. The quantitative estimate of drug-likeness (QED) is 0.353. The number of esters is 1. The molecule has 0 radical (unpaired) electrons. The van der Waals surface area contributed by atoms with Crippen molar-refractivity contribution in [3.8, 4) is 11.3 Å². The van der Waals surface area contributed by atoms with Gasteiger partial charge < -0.3 is 10.1 Å². The van der Waals surface area contributed by atoms with E-state index in [0.717, 1.165) is 10.8 Å². The van der Waals surface area contributed by atoms with Crippen molar-refractivity contribution in [2.45, 2.75) is 13.5 Å². The average Bonchev–Trinajstić information content (AvgIpc) is 2.81. The van der Waals surface area contributed by atoms with Gasteiger partial charge in [0.15, 0.2) is 6.07 Å². The third-order valence-electron chi connectivity index (χ3n) is 4.82. The van der Waals surface area contributed by atoms with Gasteiger partial charge in [-0.3, -0.25) is 9.78 Å². The molecule has 0 aliphatic carbocycles. The SMILES string of the molecule is CCn1nc(-c2ccccc2)c(C(=O)OCCl)c(Nc2cncc3ccccc23)c1=O. The van der Waals surface area contributed by atoms with Crippen LogP contribution in [-0.2, 0) is 11.3 Å². The van der Waals surface area contributed by atoms with Gasteiger partial charge in [0.25, 0.3) is 5.56 Å². The van der Waals surface area contributed by atoms with Gasteiger partial charge in [-0.1, -0.05) is 66.2 Å². The van der Waals surface area contributed by atoms with Gasteiger partial charge in [0, 0.05) is 29.1 Å². The van der Waals surface area contributed by atoms with Crippen LogP contribution in [0.1, 0.15) is 17.3 Å². The smallest absolute Gasteiger partial charge is 0.343 e. The highest BCUT2D eigenvalue weighted by atomic mass is 35.5. The van der Waals surface area contributed by atoms with Gasteiger partial charge >= 0.3 is 5.97 Å². The van der Waals surface area contributed by atoms with E-state index in [-0.39, 0.29) is 17.3 Å². The lowest BCUT2D eigenvalue weighted by Crippen LogP contribution is -2.29. The minimum absolute atomic E-state index is 0.0227. The Balaban J connectivity index is 1.99. The molecule has 0 bridgehead atoms. The predicted octanol–water partition coefficient (Wildman–Crippen LogP) is 4.58. The van der Waals surface area contributed by atoms with Gasteiger partial charge in [0.1, 0.15) is 16.9 Å². The van der Waals surface area contributed by atoms with Crippen LogP contribution in [0.25, 0.3) is 22.0 Å². The van der Waals surface area contributed by atoms with E-state index in [1.807, 2.05) is 61.5 Å². The van der Waals surface area contributed by atoms with E-state index in [4.69, 9.17) is 16.3 Å². The van der Waals surface area contributed by atoms with Crippen molar-refractivity contribution in [1.29, 1.82) is 0 Å². The molecule has 0 amide bonds. The van der Waals surface area contributed by atoms with Crippen LogP contribution in [0.5, 0.6) is 0 Å². The van der Waals surface area contributed by atoms with Crippen molar-refractivity contribution < 1.29 is 9.53 Å². The monoisotopic (exact) mass is 434 g/mol. The molecule has 7 nitrogen and oxygen atoms in total. The Morgan fingerprint density at radius 2 is 1.84 bits per heavy atom. The zero-order valence-corrected chi connectivity index (χ0v) is 17.5. The number of benzene rings is 2. The van der Waals surface area contributed by atoms with Gasteiger partial charge in [-0.2, -0.15) is 5.10 Å². The van der Waals surface area contributed by atoms with Crippen LogP contribution in [0.3, 0.4) is 0 Å². The maximum absolute atomic E-state index is 13.2. The maximum Gasteiger partial charge on any atom is 0.343 e. The minimum Gasteiger partial charge on any atom is -0.446 e. The molecule has 0 fully saturated rings. The van der Waals surface area contributed by atoms with Crippen LogP contribution < -0.4 is 10.9 Å². The molecular formula is C23H19ClN4O3. The normalized spacial score (nSPS) is 10.8. The fraction of sp³-hybridized carbons (Fsp3) is 0.130. The number of fused-ring (bicyclic) bond motifs is 1. The van der Waals surface area contributed by atoms with Gasteiger partial charge in [0.2, 0.25) is 0 Å². The summed E-state index contributed by atoms with van der Waals surface area (Å²) in [5.41, 5.74) is 1.22. The number of hydrogen-bond acceptors (Lipinski definition) is 6. The number of carbonyl (C=O) groups is 1. The molecule has 2 aromatic heterocycles. The number of carbonyl (C=O) groups excluding carboxylic acids is 1. The molecule has 2 aromatic carbocycles. The topological polar surface area (TPSA) is 86.1 Å². The zero-order valence-electron chi connectivity index (χ0n) is 16.7. The summed E-state index contributed by atoms with van der Waals surface area (Å²) in [5, 5.41) is 9.31. The van der Waals surface area contributed by atoms with Crippen LogP contribution >= 0.6 is 11.6 Å². The van der Waals surface area contributed by atoms with Crippen LogP contribution in [0, 0.1) is 0 Å². The highest BCUT2D eigenvalue weighted by molar-refractivity contribution is 6.18. The Kier molecular flexibility index (Phi) is 5.95. The molecule has 0 unspecified atom stereocenters. The first-order valence-corrected chi connectivity index (χ1v) is 10.2. The first-order chi connectivity index (χ1) is 15.1. The van der Waals surface area contributed by atoms with Crippen LogP contribution in [0.4, 0.5) is 11.4 Å². The molecule has 0 atom stereocenters. The molecule has 8 heteroatoms. The van der Waals surface area contributed by atoms with E-state index in [1.165, 1.54) is 4.68 Å². The summed E-state index contributed by atoms with van der Waals surface area (Å²) in [6, 6.07) is 16.4. The molecule has 4 aromatic rings. The lowest BCUT2D eigenvalue weighted by Gasteiger charge is -2.17. The second-order valence-corrected chi connectivity index (χ2v) is 6.88. The van der Waals surface area contributed by atoms with Gasteiger partial charge in [-0.25, -0.2) is 9.48 Å². The number of nitrogens with zero attached hydrogens (tertiary/aromatic N) is 3. The standard InChI is InChI=1S/C23H19ClN4O3/c1-2-28-22(29)21(26-18-13-25-12-16-10-6-7-11-17(16)18)19(23(30)31-14-24)20(27-28)15-8-4-3-5-9-15/h3-13,26H,2,14H2,1H3. The van der Waals surface area contributed by atoms with Crippen LogP contribution in [0.2, 0.25) is 0 Å². The second kappa shape index (κ2) is 8.97. The highest BCUT2D eigenvalue weighted by Gasteiger charge is 2.26. The largest absolute Gasteiger partial charge is 0.446 e. The minimum atomic E-state index is -0.739. The number of alkyl halides is 1. The number of aromatic nitrogens is 3. The summed E-state index contributed by atoms with van der Waals surface area (Å²) < 4.78 is 6.37. The van der Waals surface area contributed by atoms with E-state index in [1.54, 1.807) is 12.4 Å². The lowest BCUT2D eigenvalue weighted by molar-refractivity contribution is 0.0575. The third-order valence-corrected chi connectivity index (χ3v) is 4.93.